The molecule has 68 valence electrons. The summed E-state index contributed by atoms with van der Waals surface area (Å²) in [6.45, 7) is 8.56. The van der Waals surface area contributed by atoms with E-state index in [9.17, 15) is 0 Å². The lowest BCUT2D eigenvalue weighted by atomic mass is 9.92. The number of hydrogen-bond donors (Lipinski definition) is 0. The van der Waals surface area contributed by atoms with E-state index in [2.05, 4.69) is 38.9 Å². The predicted octanol–water partition coefficient (Wildman–Crippen LogP) is 2.92. The predicted molar refractivity (Wildman–Crippen MR) is 49.2 cm³/mol. The average molecular weight is 167 g/mol. The zero-order valence-electron chi connectivity index (χ0n) is 8.35. The Bertz CT molecular complexity index is 245. The van der Waals surface area contributed by atoms with Crippen LogP contribution in [0.4, 0.5) is 0 Å². The molecule has 0 fully saturated rings. The molecule has 0 unspecified atom stereocenters. The maximum absolute atomic E-state index is 5.18. The molecule has 1 aromatic rings. The maximum atomic E-state index is 5.18. The van der Waals surface area contributed by atoms with Crippen molar-refractivity contribution in [2.45, 2.75) is 46.0 Å². The number of aryl methyl sites for hydroxylation is 1. The summed E-state index contributed by atoms with van der Waals surface area (Å²) >= 11 is 0. The van der Waals surface area contributed by atoms with Gasteiger partial charge < -0.3 is 4.52 Å². The van der Waals surface area contributed by atoms with Crippen LogP contribution in [0.1, 0.15) is 45.6 Å². The molecule has 0 spiro atoms. The summed E-state index contributed by atoms with van der Waals surface area (Å²) in [4.78, 5) is 0. The Morgan fingerprint density at radius 3 is 2.50 bits per heavy atom. The smallest absolute Gasteiger partial charge is 0.137 e. The van der Waals surface area contributed by atoms with Gasteiger partial charge in [0.15, 0.2) is 0 Å². The zero-order chi connectivity index (χ0) is 9.19. The van der Waals surface area contributed by atoms with Gasteiger partial charge in [-0.15, -0.1) is 0 Å². The summed E-state index contributed by atoms with van der Waals surface area (Å²) in [5, 5.41) is 4.03. The summed E-state index contributed by atoms with van der Waals surface area (Å²) in [5.41, 5.74) is 1.15. The second-order valence-electron chi connectivity index (χ2n) is 4.18. The topological polar surface area (TPSA) is 26.0 Å². The molecule has 0 N–H and O–H groups in total. The highest BCUT2D eigenvalue weighted by atomic mass is 16.5. The van der Waals surface area contributed by atoms with E-state index in [0.717, 1.165) is 24.3 Å². The lowest BCUT2D eigenvalue weighted by molar-refractivity contribution is 0.364. The first-order valence-electron chi connectivity index (χ1n) is 4.50. The van der Waals surface area contributed by atoms with Gasteiger partial charge in [0, 0.05) is 17.9 Å². The van der Waals surface area contributed by atoms with E-state index in [1.165, 1.54) is 0 Å². The van der Waals surface area contributed by atoms with Crippen molar-refractivity contribution in [3.8, 4) is 0 Å². The van der Waals surface area contributed by atoms with Crippen LogP contribution in [0.5, 0.6) is 0 Å². The maximum Gasteiger partial charge on any atom is 0.137 e. The normalized spacial score (nSPS) is 12.0. The largest absolute Gasteiger partial charge is 0.361 e. The van der Waals surface area contributed by atoms with Gasteiger partial charge in [-0.1, -0.05) is 32.9 Å². The van der Waals surface area contributed by atoms with Crippen LogP contribution in [0.3, 0.4) is 0 Å². The first-order chi connectivity index (χ1) is 5.54. The lowest BCUT2D eigenvalue weighted by Crippen LogP contribution is -2.10. The van der Waals surface area contributed by atoms with Crippen molar-refractivity contribution in [2.24, 2.45) is 0 Å². The molecule has 0 saturated carbocycles. The highest BCUT2D eigenvalue weighted by Gasteiger charge is 2.18. The molecule has 2 nitrogen and oxygen atoms in total. The van der Waals surface area contributed by atoms with Crippen molar-refractivity contribution >= 4 is 0 Å². The molecule has 0 aliphatic carbocycles. The van der Waals surface area contributed by atoms with Gasteiger partial charge in [0.25, 0.3) is 0 Å². The molecular formula is C10H17NO. The molecule has 1 rings (SSSR count). The second kappa shape index (κ2) is 3.30. The Kier molecular flexibility index (Phi) is 2.55. The van der Waals surface area contributed by atoms with Crippen molar-refractivity contribution in [3.63, 3.8) is 0 Å². The number of hydrogen-bond acceptors (Lipinski definition) is 2. The van der Waals surface area contributed by atoms with Gasteiger partial charge in [-0.3, -0.25) is 0 Å². The minimum Gasteiger partial charge on any atom is -0.361 e. The van der Waals surface area contributed by atoms with Crippen LogP contribution >= 0.6 is 0 Å². The molecule has 0 aliphatic rings. The molecule has 0 saturated heterocycles. The molecule has 0 aliphatic heterocycles. The van der Waals surface area contributed by atoms with Crippen molar-refractivity contribution in [1.29, 1.82) is 0 Å². The summed E-state index contributed by atoms with van der Waals surface area (Å²) in [7, 11) is 0. The van der Waals surface area contributed by atoms with Crippen LogP contribution in [0.15, 0.2) is 10.6 Å². The molecule has 1 aromatic heterocycles. The number of nitrogens with zero attached hydrogens (tertiary/aromatic N) is 1. The monoisotopic (exact) mass is 167 g/mol. The minimum absolute atomic E-state index is 0.107. The summed E-state index contributed by atoms with van der Waals surface area (Å²) < 4.78 is 5.18. The Balaban J connectivity index is 2.77. The fraction of sp³-hybridized carbons (Fsp3) is 0.700. The van der Waals surface area contributed by atoms with E-state index in [0.29, 0.717) is 0 Å². The van der Waals surface area contributed by atoms with Crippen LogP contribution in [0.25, 0.3) is 0 Å². The van der Waals surface area contributed by atoms with Gasteiger partial charge in [0.05, 0.1) is 5.69 Å². The van der Waals surface area contributed by atoms with E-state index in [1.54, 1.807) is 0 Å². The van der Waals surface area contributed by atoms with Gasteiger partial charge in [0.2, 0.25) is 0 Å². The van der Waals surface area contributed by atoms with Gasteiger partial charge in [0.1, 0.15) is 5.76 Å². The van der Waals surface area contributed by atoms with E-state index < -0.39 is 0 Å². The van der Waals surface area contributed by atoms with Crippen LogP contribution < -0.4 is 0 Å². The number of rotatable bonds is 2. The summed E-state index contributed by atoms with van der Waals surface area (Å²) in [6, 6.07) is 2.06. The fourth-order valence-electron chi connectivity index (χ4n) is 1.03. The third-order valence-corrected chi connectivity index (χ3v) is 1.82. The molecule has 2 heteroatoms. The van der Waals surface area contributed by atoms with Crippen molar-refractivity contribution in [2.75, 3.05) is 0 Å². The highest BCUT2D eigenvalue weighted by molar-refractivity contribution is 5.13. The Morgan fingerprint density at radius 1 is 1.42 bits per heavy atom. The standard InChI is InChI=1S/C10H17NO/c1-5-6-8-7-9(11-12-8)10(2,3)4/h7H,5-6H2,1-4H3. The highest BCUT2D eigenvalue weighted by Crippen LogP contribution is 2.21. The fourth-order valence-corrected chi connectivity index (χ4v) is 1.03. The Hall–Kier alpha value is -0.790. The van der Waals surface area contributed by atoms with Crippen LogP contribution in [0, 0.1) is 0 Å². The van der Waals surface area contributed by atoms with E-state index in [1.807, 2.05) is 0 Å². The van der Waals surface area contributed by atoms with Crippen LogP contribution in [0.2, 0.25) is 0 Å². The van der Waals surface area contributed by atoms with E-state index >= 15 is 0 Å². The Morgan fingerprint density at radius 2 is 2.08 bits per heavy atom. The quantitative estimate of drug-likeness (QED) is 0.677. The van der Waals surface area contributed by atoms with Crippen molar-refractivity contribution < 1.29 is 4.52 Å². The molecular weight excluding hydrogens is 150 g/mol. The van der Waals surface area contributed by atoms with Crippen molar-refractivity contribution in [3.05, 3.63) is 17.5 Å². The first-order valence-corrected chi connectivity index (χ1v) is 4.50. The average Bonchev–Trinajstić information content (AvgIpc) is 2.35. The van der Waals surface area contributed by atoms with Gasteiger partial charge >= 0.3 is 0 Å². The Labute approximate surface area is 74.0 Å². The lowest BCUT2D eigenvalue weighted by Gasteiger charge is -2.12. The minimum atomic E-state index is 0.107. The third-order valence-electron chi connectivity index (χ3n) is 1.82. The number of aromatic nitrogens is 1. The van der Waals surface area contributed by atoms with E-state index in [4.69, 9.17) is 4.52 Å². The third kappa shape index (κ3) is 2.10. The van der Waals surface area contributed by atoms with Gasteiger partial charge in [-0.25, -0.2) is 0 Å². The molecule has 0 atom stereocenters. The summed E-state index contributed by atoms with van der Waals surface area (Å²) in [6.07, 6.45) is 2.10. The molecule has 0 radical (unpaired) electrons. The van der Waals surface area contributed by atoms with Crippen LogP contribution in [-0.4, -0.2) is 5.16 Å². The zero-order valence-corrected chi connectivity index (χ0v) is 8.35. The van der Waals surface area contributed by atoms with Gasteiger partial charge in [-0.2, -0.15) is 0 Å². The SMILES string of the molecule is CCCc1cc(C(C)(C)C)no1. The molecule has 1 heterocycles. The second-order valence-corrected chi connectivity index (χ2v) is 4.18. The van der Waals surface area contributed by atoms with Crippen molar-refractivity contribution in [1.82, 2.24) is 5.16 Å². The van der Waals surface area contributed by atoms with Gasteiger partial charge in [-0.05, 0) is 6.42 Å². The van der Waals surface area contributed by atoms with Crippen LogP contribution in [-0.2, 0) is 11.8 Å². The molecule has 0 amide bonds. The molecule has 0 bridgehead atoms. The first kappa shape index (κ1) is 9.30. The summed E-state index contributed by atoms with van der Waals surface area (Å²) in [5.74, 6) is 1.00. The molecule has 12 heavy (non-hydrogen) atoms. The van der Waals surface area contributed by atoms with E-state index in [-0.39, 0.29) is 5.41 Å². The molecule has 0 aromatic carbocycles.